The molecule has 2 N–H and O–H groups in total. The summed E-state index contributed by atoms with van der Waals surface area (Å²) < 4.78 is 0.722. The van der Waals surface area contributed by atoms with Crippen molar-refractivity contribution in [2.45, 2.75) is 23.1 Å². The van der Waals surface area contributed by atoms with Gasteiger partial charge in [-0.05, 0) is 31.2 Å². The third kappa shape index (κ3) is 2.64. The maximum absolute atomic E-state index is 12.8. The fraction of sp³-hybridized carbons (Fsp3) is 0.211. The van der Waals surface area contributed by atoms with Gasteiger partial charge < -0.3 is 15.2 Å². The molecular weight excluding hydrogens is 348 g/mol. The molecular formula is C19H18N4O2S. The standard InChI is InChI=1S/C19H18N4O2S/c1-19(18(25)22-13-8-4-6-10-15(13)26-19)17(24)20-11-16-21-12-7-3-5-9-14(12)23(16)2/h3-10H,11H2,1-2H3,(H,20,24)(H,22,25). The lowest BCUT2D eigenvalue weighted by atomic mass is 10.1. The molecule has 0 radical (unpaired) electrons. The maximum Gasteiger partial charge on any atom is 0.250 e. The van der Waals surface area contributed by atoms with Crippen molar-refractivity contribution in [2.75, 3.05) is 5.32 Å². The van der Waals surface area contributed by atoms with Crippen LogP contribution in [0, 0.1) is 0 Å². The Hall–Kier alpha value is -2.80. The van der Waals surface area contributed by atoms with Crippen molar-refractivity contribution in [3.63, 3.8) is 0 Å². The van der Waals surface area contributed by atoms with Crippen LogP contribution < -0.4 is 10.6 Å². The van der Waals surface area contributed by atoms with E-state index in [1.165, 1.54) is 11.8 Å². The van der Waals surface area contributed by atoms with E-state index >= 15 is 0 Å². The highest BCUT2D eigenvalue weighted by Crippen LogP contribution is 2.42. The van der Waals surface area contributed by atoms with Crippen LogP contribution in [0.2, 0.25) is 0 Å². The molecule has 2 amide bonds. The van der Waals surface area contributed by atoms with Gasteiger partial charge in [-0.2, -0.15) is 0 Å². The molecule has 26 heavy (non-hydrogen) atoms. The smallest absolute Gasteiger partial charge is 0.250 e. The normalized spacial score (nSPS) is 19.1. The number of benzene rings is 2. The van der Waals surface area contributed by atoms with Crippen molar-refractivity contribution in [3.8, 4) is 0 Å². The molecule has 4 rings (SSSR count). The molecule has 0 bridgehead atoms. The molecule has 1 aromatic heterocycles. The van der Waals surface area contributed by atoms with E-state index in [0.717, 1.165) is 27.4 Å². The second-order valence-corrected chi connectivity index (χ2v) is 7.80. The van der Waals surface area contributed by atoms with E-state index in [4.69, 9.17) is 0 Å². The molecule has 2 heterocycles. The highest BCUT2D eigenvalue weighted by molar-refractivity contribution is 8.02. The van der Waals surface area contributed by atoms with E-state index in [2.05, 4.69) is 15.6 Å². The minimum absolute atomic E-state index is 0.259. The molecule has 7 heteroatoms. The Kier molecular flexibility index (Phi) is 3.96. The molecule has 0 saturated carbocycles. The van der Waals surface area contributed by atoms with Gasteiger partial charge in [0.05, 0.1) is 23.3 Å². The van der Waals surface area contributed by atoms with Gasteiger partial charge in [0.1, 0.15) is 5.82 Å². The fourth-order valence-electron chi connectivity index (χ4n) is 3.00. The Morgan fingerprint density at radius 1 is 1.23 bits per heavy atom. The number of nitrogens with zero attached hydrogens (tertiary/aromatic N) is 2. The number of hydrogen-bond acceptors (Lipinski definition) is 4. The summed E-state index contributed by atoms with van der Waals surface area (Å²) in [6.07, 6.45) is 0. The van der Waals surface area contributed by atoms with Gasteiger partial charge in [-0.25, -0.2) is 4.98 Å². The molecule has 0 aliphatic carbocycles. The summed E-state index contributed by atoms with van der Waals surface area (Å²) in [5.41, 5.74) is 2.62. The van der Waals surface area contributed by atoms with Crippen LogP contribution in [0.3, 0.4) is 0 Å². The van der Waals surface area contributed by atoms with Crippen LogP contribution in [0.5, 0.6) is 0 Å². The molecule has 1 aliphatic rings. The van der Waals surface area contributed by atoms with Gasteiger partial charge >= 0.3 is 0 Å². The van der Waals surface area contributed by atoms with Crippen molar-refractivity contribution < 1.29 is 9.59 Å². The largest absolute Gasteiger partial charge is 0.347 e. The average Bonchev–Trinajstić information content (AvgIpc) is 2.97. The summed E-state index contributed by atoms with van der Waals surface area (Å²) in [5, 5.41) is 5.69. The Balaban J connectivity index is 1.54. The van der Waals surface area contributed by atoms with Crippen LogP contribution >= 0.6 is 11.8 Å². The summed E-state index contributed by atoms with van der Waals surface area (Å²) in [6.45, 7) is 1.91. The summed E-state index contributed by atoms with van der Waals surface area (Å²) in [4.78, 5) is 30.8. The summed E-state index contributed by atoms with van der Waals surface area (Å²) in [6, 6.07) is 15.3. The first-order valence-electron chi connectivity index (χ1n) is 8.27. The van der Waals surface area contributed by atoms with Crippen molar-refractivity contribution >= 4 is 40.3 Å². The molecule has 0 fully saturated rings. The number of aromatic nitrogens is 2. The molecule has 1 unspecified atom stereocenters. The van der Waals surface area contributed by atoms with Crippen LogP contribution in [0.25, 0.3) is 11.0 Å². The van der Waals surface area contributed by atoms with Gasteiger partial charge in [-0.3, -0.25) is 9.59 Å². The SMILES string of the molecule is Cn1c(CNC(=O)C2(C)Sc3ccccc3NC2=O)nc2ccccc21. The highest BCUT2D eigenvalue weighted by atomic mass is 32.2. The number of hydrogen-bond donors (Lipinski definition) is 2. The van der Waals surface area contributed by atoms with E-state index in [1.54, 1.807) is 6.92 Å². The molecule has 1 aliphatic heterocycles. The van der Waals surface area contributed by atoms with E-state index in [1.807, 2.05) is 60.1 Å². The Morgan fingerprint density at radius 2 is 1.96 bits per heavy atom. The van der Waals surface area contributed by atoms with Crippen LogP contribution in [-0.4, -0.2) is 26.1 Å². The van der Waals surface area contributed by atoms with Gasteiger partial charge in [0.15, 0.2) is 4.75 Å². The Morgan fingerprint density at radius 3 is 2.77 bits per heavy atom. The number of anilines is 1. The molecule has 3 aromatic rings. The number of imidazole rings is 1. The zero-order valence-electron chi connectivity index (χ0n) is 14.4. The second-order valence-electron chi connectivity index (χ2n) is 6.34. The minimum Gasteiger partial charge on any atom is -0.347 e. The molecule has 6 nitrogen and oxygen atoms in total. The number of rotatable bonds is 3. The van der Waals surface area contributed by atoms with Crippen LogP contribution in [0.4, 0.5) is 5.69 Å². The van der Waals surface area contributed by atoms with E-state index in [9.17, 15) is 9.59 Å². The van der Waals surface area contributed by atoms with Crippen molar-refractivity contribution in [2.24, 2.45) is 7.05 Å². The average molecular weight is 366 g/mol. The van der Waals surface area contributed by atoms with Crippen LogP contribution in [0.1, 0.15) is 12.7 Å². The molecule has 2 aromatic carbocycles. The number of fused-ring (bicyclic) bond motifs is 2. The quantitative estimate of drug-likeness (QED) is 0.699. The van der Waals surface area contributed by atoms with Crippen molar-refractivity contribution in [1.29, 1.82) is 0 Å². The Bertz CT molecular complexity index is 1030. The van der Waals surface area contributed by atoms with E-state index in [-0.39, 0.29) is 18.4 Å². The first kappa shape index (κ1) is 16.7. The fourth-order valence-corrected chi connectivity index (χ4v) is 4.12. The third-order valence-corrected chi connectivity index (χ3v) is 5.96. The predicted molar refractivity (Wildman–Crippen MR) is 102 cm³/mol. The van der Waals surface area contributed by atoms with Gasteiger partial charge in [-0.15, -0.1) is 0 Å². The zero-order valence-corrected chi connectivity index (χ0v) is 15.3. The Labute approximate surface area is 155 Å². The summed E-state index contributed by atoms with van der Waals surface area (Å²) in [5.74, 6) is 0.0926. The highest BCUT2D eigenvalue weighted by Gasteiger charge is 2.45. The van der Waals surface area contributed by atoms with Gasteiger partial charge in [0.25, 0.3) is 0 Å². The first-order chi connectivity index (χ1) is 12.5. The number of thioether (sulfide) groups is 1. The van der Waals surface area contributed by atoms with E-state index < -0.39 is 4.75 Å². The van der Waals surface area contributed by atoms with Crippen LogP contribution in [-0.2, 0) is 23.2 Å². The maximum atomic E-state index is 12.8. The van der Waals surface area contributed by atoms with Gasteiger partial charge in [0.2, 0.25) is 11.8 Å². The van der Waals surface area contributed by atoms with Crippen molar-refractivity contribution in [1.82, 2.24) is 14.9 Å². The van der Waals surface area contributed by atoms with E-state index in [0.29, 0.717) is 0 Å². The summed E-state index contributed by atoms with van der Waals surface area (Å²) in [7, 11) is 1.91. The number of carbonyl (C=O) groups excluding carboxylic acids is 2. The van der Waals surface area contributed by atoms with Crippen LogP contribution in [0.15, 0.2) is 53.4 Å². The number of aryl methyl sites for hydroxylation is 1. The number of carbonyl (C=O) groups is 2. The van der Waals surface area contributed by atoms with Gasteiger partial charge in [-0.1, -0.05) is 36.0 Å². The topological polar surface area (TPSA) is 76.0 Å². The second kappa shape index (κ2) is 6.17. The number of amides is 2. The third-order valence-electron chi connectivity index (χ3n) is 4.60. The monoisotopic (exact) mass is 366 g/mol. The summed E-state index contributed by atoms with van der Waals surface area (Å²) >= 11 is 1.27. The molecule has 0 saturated heterocycles. The zero-order chi connectivity index (χ0) is 18.3. The lowest BCUT2D eigenvalue weighted by Gasteiger charge is -2.31. The minimum atomic E-state index is -1.22. The predicted octanol–water partition coefficient (Wildman–Crippen LogP) is 2.69. The molecule has 132 valence electrons. The molecule has 1 atom stereocenters. The molecule has 0 spiro atoms. The number of para-hydroxylation sites is 3. The lowest BCUT2D eigenvalue weighted by molar-refractivity contribution is -0.130. The van der Waals surface area contributed by atoms with Gasteiger partial charge in [0, 0.05) is 11.9 Å². The van der Waals surface area contributed by atoms with Crippen molar-refractivity contribution in [3.05, 3.63) is 54.4 Å². The first-order valence-corrected chi connectivity index (χ1v) is 9.09. The number of nitrogens with one attached hydrogen (secondary N) is 2. The lowest BCUT2D eigenvalue weighted by Crippen LogP contribution is -2.52.